The van der Waals surface area contributed by atoms with Crippen molar-refractivity contribution in [3.63, 3.8) is 0 Å². The molecule has 25 heavy (non-hydrogen) atoms. The molecule has 1 aromatic carbocycles. The fourth-order valence-electron chi connectivity index (χ4n) is 2.39. The van der Waals surface area contributed by atoms with Gasteiger partial charge in [0.15, 0.2) is 6.61 Å². The number of nitrogens with zero attached hydrogens (tertiary/aromatic N) is 2. The normalized spacial score (nSPS) is 14.3. The zero-order chi connectivity index (χ0) is 17.4. The van der Waals surface area contributed by atoms with E-state index in [1.165, 1.54) is 25.3 Å². The van der Waals surface area contributed by atoms with Crippen LogP contribution in [0, 0.1) is 10.1 Å². The molecule has 0 spiro atoms. The van der Waals surface area contributed by atoms with Gasteiger partial charge >= 0.3 is 5.69 Å². The van der Waals surface area contributed by atoms with Crippen molar-refractivity contribution in [1.29, 1.82) is 0 Å². The lowest BCUT2D eigenvalue weighted by molar-refractivity contribution is -0.385. The molecule has 0 bridgehead atoms. The maximum atomic E-state index is 11.8. The van der Waals surface area contributed by atoms with E-state index in [1.54, 1.807) is 0 Å². The Morgan fingerprint density at radius 3 is 2.76 bits per heavy atom. The molecule has 10 heteroatoms. The van der Waals surface area contributed by atoms with E-state index < -0.39 is 4.92 Å². The van der Waals surface area contributed by atoms with Crippen LogP contribution in [0.1, 0.15) is 0 Å². The van der Waals surface area contributed by atoms with Crippen molar-refractivity contribution in [1.82, 2.24) is 15.5 Å². The first kappa shape index (κ1) is 20.9. The molecule has 0 aromatic heterocycles. The molecular formula is C15H23ClN4O5. The largest absolute Gasteiger partial charge is 0.490 e. The maximum absolute atomic E-state index is 11.8. The summed E-state index contributed by atoms with van der Waals surface area (Å²) in [7, 11) is 1.34. The highest BCUT2D eigenvalue weighted by Crippen LogP contribution is 2.30. The molecule has 0 atom stereocenters. The Morgan fingerprint density at radius 1 is 1.40 bits per heavy atom. The van der Waals surface area contributed by atoms with Gasteiger partial charge in [-0.2, -0.15) is 0 Å². The number of piperazine rings is 1. The minimum absolute atomic E-state index is 0. The van der Waals surface area contributed by atoms with E-state index in [9.17, 15) is 14.9 Å². The lowest BCUT2D eigenvalue weighted by Crippen LogP contribution is -2.46. The highest BCUT2D eigenvalue weighted by Gasteiger charge is 2.15. The van der Waals surface area contributed by atoms with Crippen LogP contribution in [0.25, 0.3) is 0 Å². The van der Waals surface area contributed by atoms with E-state index >= 15 is 0 Å². The van der Waals surface area contributed by atoms with Gasteiger partial charge in [0.1, 0.15) is 5.75 Å². The van der Waals surface area contributed by atoms with Gasteiger partial charge in [0.25, 0.3) is 5.91 Å². The minimum Gasteiger partial charge on any atom is -0.490 e. The van der Waals surface area contributed by atoms with E-state index in [0.717, 1.165) is 32.7 Å². The predicted octanol–water partition coefficient (Wildman–Crippen LogP) is 0.425. The lowest BCUT2D eigenvalue weighted by Gasteiger charge is -2.27. The molecule has 1 heterocycles. The Labute approximate surface area is 152 Å². The summed E-state index contributed by atoms with van der Waals surface area (Å²) in [6.07, 6.45) is 0. The quantitative estimate of drug-likeness (QED) is 0.502. The van der Waals surface area contributed by atoms with E-state index in [0.29, 0.717) is 12.3 Å². The molecule has 1 saturated heterocycles. The Bertz CT molecular complexity index is 581. The number of amides is 1. The number of hydrogen-bond donors (Lipinski definition) is 2. The van der Waals surface area contributed by atoms with Gasteiger partial charge in [-0.15, -0.1) is 12.4 Å². The lowest BCUT2D eigenvalue weighted by atomic mass is 10.3. The van der Waals surface area contributed by atoms with Gasteiger partial charge in [0, 0.05) is 51.4 Å². The maximum Gasteiger partial charge on any atom is 0.311 e. The van der Waals surface area contributed by atoms with Gasteiger partial charge in [0.05, 0.1) is 12.0 Å². The smallest absolute Gasteiger partial charge is 0.311 e. The van der Waals surface area contributed by atoms with Crippen molar-refractivity contribution in [2.45, 2.75) is 0 Å². The van der Waals surface area contributed by atoms with Crippen LogP contribution >= 0.6 is 12.4 Å². The molecule has 1 aliphatic heterocycles. The number of halogens is 1. The molecule has 1 fully saturated rings. The summed E-state index contributed by atoms with van der Waals surface area (Å²) in [6, 6.07) is 4.12. The average Bonchev–Trinajstić information content (AvgIpc) is 2.60. The third-order valence-corrected chi connectivity index (χ3v) is 3.68. The summed E-state index contributed by atoms with van der Waals surface area (Å²) in [5.41, 5.74) is -0.148. The highest BCUT2D eigenvalue weighted by atomic mass is 35.5. The van der Waals surface area contributed by atoms with Crippen molar-refractivity contribution >= 4 is 24.0 Å². The number of nitrogens with one attached hydrogen (secondary N) is 2. The molecule has 1 amide bonds. The minimum atomic E-state index is -0.536. The average molecular weight is 375 g/mol. The van der Waals surface area contributed by atoms with Gasteiger partial charge in [-0.05, 0) is 6.07 Å². The molecule has 1 aliphatic rings. The SMILES string of the molecule is COc1cc(OCC(=O)NCCN2CCNCC2)ccc1[N+](=O)[O-].Cl. The van der Waals surface area contributed by atoms with Crippen LogP contribution in [-0.2, 0) is 4.79 Å². The van der Waals surface area contributed by atoms with Crippen molar-refractivity contribution in [2.24, 2.45) is 0 Å². The van der Waals surface area contributed by atoms with Crippen LogP contribution in [0.3, 0.4) is 0 Å². The van der Waals surface area contributed by atoms with Crippen LogP contribution in [0.5, 0.6) is 11.5 Å². The summed E-state index contributed by atoms with van der Waals surface area (Å²) in [6.45, 7) is 5.12. The topological polar surface area (TPSA) is 106 Å². The second kappa shape index (κ2) is 10.7. The second-order valence-corrected chi connectivity index (χ2v) is 5.32. The van der Waals surface area contributed by atoms with Gasteiger partial charge in [-0.1, -0.05) is 0 Å². The van der Waals surface area contributed by atoms with Crippen molar-refractivity contribution in [2.75, 3.05) is 53.0 Å². The van der Waals surface area contributed by atoms with Crippen LogP contribution in [0.2, 0.25) is 0 Å². The van der Waals surface area contributed by atoms with Crippen molar-refractivity contribution < 1.29 is 19.2 Å². The summed E-state index contributed by atoms with van der Waals surface area (Å²) in [5.74, 6) is 0.203. The molecule has 0 saturated carbocycles. The zero-order valence-electron chi connectivity index (χ0n) is 14.0. The molecule has 1 aromatic rings. The zero-order valence-corrected chi connectivity index (χ0v) is 14.8. The van der Waals surface area contributed by atoms with Gasteiger partial charge in [-0.25, -0.2) is 0 Å². The first-order chi connectivity index (χ1) is 11.6. The van der Waals surface area contributed by atoms with Crippen molar-refractivity contribution in [3.8, 4) is 11.5 Å². The number of benzene rings is 1. The molecule has 2 N–H and O–H groups in total. The van der Waals surface area contributed by atoms with E-state index in [2.05, 4.69) is 15.5 Å². The van der Waals surface area contributed by atoms with Gasteiger partial charge < -0.3 is 20.1 Å². The predicted molar refractivity (Wildman–Crippen MR) is 94.7 cm³/mol. The first-order valence-electron chi connectivity index (χ1n) is 7.75. The number of nitro benzene ring substituents is 1. The van der Waals surface area contributed by atoms with Gasteiger partial charge in [-0.3, -0.25) is 19.8 Å². The number of methoxy groups -OCH3 is 1. The number of hydrogen-bond acceptors (Lipinski definition) is 7. The van der Waals surface area contributed by atoms with Crippen LogP contribution < -0.4 is 20.1 Å². The Balaban J connectivity index is 0.00000312. The molecule has 0 radical (unpaired) electrons. The van der Waals surface area contributed by atoms with Crippen LogP contribution in [0.15, 0.2) is 18.2 Å². The molecular weight excluding hydrogens is 352 g/mol. The fourth-order valence-corrected chi connectivity index (χ4v) is 2.39. The number of rotatable bonds is 8. The molecule has 9 nitrogen and oxygen atoms in total. The Kier molecular flexibility index (Phi) is 8.96. The molecule has 140 valence electrons. The monoisotopic (exact) mass is 374 g/mol. The summed E-state index contributed by atoms with van der Waals surface area (Å²) in [5, 5.41) is 16.9. The van der Waals surface area contributed by atoms with Crippen LogP contribution in [0.4, 0.5) is 5.69 Å². The number of nitro groups is 1. The molecule has 0 aliphatic carbocycles. The summed E-state index contributed by atoms with van der Waals surface area (Å²) < 4.78 is 10.3. The third kappa shape index (κ3) is 6.73. The van der Waals surface area contributed by atoms with E-state index in [1.807, 2.05) is 0 Å². The highest BCUT2D eigenvalue weighted by molar-refractivity contribution is 5.85. The Morgan fingerprint density at radius 2 is 2.12 bits per heavy atom. The standard InChI is InChI=1S/C15H22N4O5.ClH/c1-23-14-10-12(2-3-13(14)19(21)22)24-11-15(20)17-6-9-18-7-4-16-5-8-18;/h2-3,10,16H,4-9,11H2,1H3,(H,17,20);1H. The number of carbonyl (C=O) groups excluding carboxylic acids is 1. The van der Waals surface area contributed by atoms with Crippen LogP contribution in [-0.4, -0.2) is 68.7 Å². The van der Waals surface area contributed by atoms with E-state index in [4.69, 9.17) is 9.47 Å². The van der Waals surface area contributed by atoms with E-state index in [-0.39, 0.29) is 36.4 Å². The fraction of sp³-hybridized carbons (Fsp3) is 0.533. The number of carbonyl (C=O) groups is 1. The van der Waals surface area contributed by atoms with Crippen molar-refractivity contribution in [3.05, 3.63) is 28.3 Å². The first-order valence-corrected chi connectivity index (χ1v) is 7.75. The molecule has 2 rings (SSSR count). The Hall–Kier alpha value is -2.10. The van der Waals surface area contributed by atoms with Gasteiger partial charge in [0.2, 0.25) is 5.75 Å². The number of ether oxygens (including phenoxy) is 2. The third-order valence-electron chi connectivity index (χ3n) is 3.68. The summed E-state index contributed by atoms with van der Waals surface area (Å²) in [4.78, 5) is 24.3. The summed E-state index contributed by atoms with van der Waals surface area (Å²) >= 11 is 0. The second-order valence-electron chi connectivity index (χ2n) is 5.32. The molecule has 0 unspecified atom stereocenters.